The zero-order valence-electron chi connectivity index (χ0n) is 9.03. The summed E-state index contributed by atoms with van der Waals surface area (Å²) in [7, 11) is 3.02. The molecule has 0 aromatic carbocycles. The summed E-state index contributed by atoms with van der Waals surface area (Å²) in [6, 6.07) is -0.311. The number of methoxy groups -OCH3 is 2. The van der Waals surface area contributed by atoms with Gasteiger partial charge in [0.1, 0.15) is 0 Å². The first kappa shape index (κ1) is 12.4. The monoisotopic (exact) mass is 218 g/mol. The van der Waals surface area contributed by atoms with Crippen LogP contribution in [0.4, 0.5) is 0 Å². The van der Waals surface area contributed by atoms with E-state index in [9.17, 15) is 9.90 Å². The summed E-state index contributed by atoms with van der Waals surface area (Å²) < 4.78 is 9.85. The van der Waals surface area contributed by atoms with Crippen molar-refractivity contribution in [1.82, 2.24) is 10.6 Å². The summed E-state index contributed by atoms with van der Waals surface area (Å²) in [5.74, 6) is -0.134. The van der Waals surface area contributed by atoms with Crippen molar-refractivity contribution in [3.8, 4) is 0 Å². The normalized spacial score (nSPS) is 25.9. The van der Waals surface area contributed by atoms with Crippen LogP contribution in [0, 0.1) is 0 Å². The van der Waals surface area contributed by atoms with Crippen molar-refractivity contribution in [3.63, 3.8) is 0 Å². The fourth-order valence-corrected chi connectivity index (χ4v) is 1.49. The van der Waals surface area contributed by atoms with E-state index in [1.165, 1.54) is 14.2 Å². The number of aliphatic hydroxyl groups excluding tert-OH is 1. The minimum absolute atomic E-state index is 0.134. The molecule has 1 aliphatic rings. The van der Waals surface area contributed by atoms with Crippen molar-refractivity contribution in [2.75, 3.05) is 27.3 Å². The van der Waals surface area contributed by atoms with Crippen LogP contribution in [0.2, 0.25) is 0 Å². The van der Waals surface area contributed by atoms with Gasteiger partial charge in [0.15, 0.2) is 6.29 Å². The lowest BCUT2D eigenvalue weighted by Gasteiger charge is -2.16. The molecule has 0 radical (unpaired) electrons. The van der Waals surface area contributed by atoms with Crippen LogP contribution >= 0.6 is 0 Å². The first-order chi connectivity index (χ1) is 7.17. The largest absolute Gasteiger partial charge is 0.392 e. The molecule has 2 unspecified atom stereocenters. The number of rotatable bonds is 5. The van der Waals surface area contributed by atoms with E-state index in [0.29, 0.717) is 19.5 Å². The SMILES string of the molecule is COC(CNC(=O)C1CC(O)CN1)OC. The molecule has 1 aliphatic heterocycles. The first-order valence-electron chi connectivity index (χ1n) is 4.92. The quantitative estimate of drug-likeness (QED) is 0.487. The lowest BCUT2D eigenvalue weighted by Crippen LogP contribution is -2.43. The molecule has 0 aromatic rings. The van der Waals surface area contributed by atoms with Crippen LogP contribution < -0.4 is 10.6 Å². The van der Waals surface area contributed by atoms with E-state index in [1.54, 1.807) is 0 Å². The van der Waals surface area contributed by atoms with Gasteiger partial charge in [-0.3, -0.25) is 4.79 Å². The average Bonchev–Trinajstić information content (AvgIpc) is 2.66. The Morgan fingerprint density at radius 1 is 1.60 bits per heavy atom. The van der Waals surface area contributed by atoms with Crippen molar-refractivity contribution in [2.45, 2.75) is 24.9 Å². The van der Waals surface area contributed by atoms with E-state index < -0.39 is 12.4 Å². The van der Waals surface area contributed by atoms with Gasteiger partial charge in [0, 0.05) is 20.8 Å². The number of amides is 1. The van der Waals surface area contributed by atoms with Gasteiger partial charge in [0.25, 0.3) is 0 Å². The van der Waals surface area contributed by atoms with Crippen molar-refractivity contribution in [1.29, 1.82) is 0 Å². The number of β-amino-alcohol motifs (C(OH)–C–C–N with tert-alkyl or cyclic N) is 1. The summed E-state index contributed by atoms with van der Waals surface area (Å²) in [6.07, 6.45) is -0.405. The summed E-state index contributed by atoms with van der Waals surface area (Å²) >= 11 is 0. The molecule has 0 spiro atoms. The fourth-order valence-electron chi connectivity index (χ4n) is 1.49. The Kier molecular flexibility index (Phi) is 4.97. The Hall–Kier alpha value is -0.690. The van der Waals surface area contributed by atoms with Crippen molar-refractivity contribution in [2.24, 2.45) is 0 Å². The third kappa shape index (κ3) is 3.75. The third-order valence-corrected chi connectivity index (χ3v) is 2.39. The molecule has 1 heterocycles. The average molecular weight is 218 g/mol. The number of hydrogen-bond acceptors (Lipinski definition) is 5. The predicted octanol–water partition coefficient (Wildman–Crippen LogP) is -1.56. The summed E-state index contributed by atoms with van der Waals surface area (Å²) in [4.78, 5) is 11.5. The third-order valence-electron chi connectivity index (χ3n) is 2.39. The maximum Gasteiger partial charge on any atom is 0.237 e. The molecule has 0 bridgehead atoms. The number of carbonyl (C=O) groups excluding carboxylic acids is 1. The maximum absolute atomic E-state index is 11.5. The van der Waals surface area contributed by atoms with Crippen LogP contribution in [0.15, 0.2) is 0 Å². The second-order valence-corrected chi connectivity index (χ2v) is 3.50. The van der Waals surface area contributed by atoms with Gasteiger partial charge in [0.05, 0.1) is 18.7 Å². The second-order valence-electron chi connectivity index (χ2n) is 3.50. The molecule has 6 nitrogen and oxygen atoms in total. The second kappa shape index (κ2) is 6.02. The molecule has 3 N–H and O–H groups in total. The zero-order chi connectivity index (χ0) is 11.3. The van der Waals surface area contributed by atoms with Gasteiger partial charge in [-0.05, 0) is 6.42 Å². The minimum atomic E-state index is -0.430. The van der Waals surface area contributed by atoms with E-state index in [-0.39, 0.29) is 11.9 Å². The fraction of sp³-hybridized carbons (Fsp3) is 0.889. The Bertz CT molecular complexity index is 208. The van der Waals surface area contributed by atoms with Gasteiger partial charge >= 0.3 is 0 Å². The Balaban J connectivity index is 2.23. The zero-order valence-corrected chi connectivity index (χ0v) is 9.03. The lowest BCUT2D eigenvalue weighted by atomic mass is 10.2. The molecule has 0 saturated carbocycles. The number of carbonyl (C=O) groups is 1. The number of aliphatic hydroxyl groups is 1. The van der Waals surface area contributed by atoms with Gasteiger partial charge in [-0.15, -0.1) is 0 Å². The van der Waals surface area contributed by atoms with E-state index in [2.05, 4.69) is 10.6 Å². The maximum atomic E-state index is 11.5. The Morgan fingerprint density at radius 2 is 2.27 bits per heavy atom. The molecule has 88 valence electrons. The van der Waals surface area contributed by atoms with Crippen LogP contribution in [-0.4, -0.2) is 56.8 Å². The summed E-state index contributed by atoms with van der Waals surface area (Å²) in [6.45, 7) is 0.774. The highest BCUT2D eigenvalue weighted by Crippen LogP contribution is 2.05. The van der Waals surface area contributed by atoms with Crippen LogP contribution in [0.25, 0.3) is 0 Å². The van der Waals surface area contributed by atoms with Gasteiger partial charge < -0.3 is 25.2 Å². The standard InChI is InChI=1S/C9H18N2O4/c1-14-8(15-2)5-11-9(13)7-3-6(12)4-10-7/h6-8,10,12H,3-5H2,1-2H3,(H,11,13). The number of ether oxygens (including phenoxy) is 2. The van der Waals surface area contributed by atoms with E-state index in [4.69, 9.17) is 9.47 Å². The van der Waals surface area contributed by atoms with Crippen LogP contribution in [0.1, 0.15) is 6.42 Å². The minimum Gasteiger partial charge on any atom is -0.392 e. The van der Waals surface area contributed by atoms with Gasteiger partial charge in [0.2, 0.25) is 5.91 Å². The Morgan fingerprint density at radius 3 is 2.73 bits per heavy atom. The molecule has 1 fully saturated rings. The molecule has 0 aromatic heterocycles. The molecular formula is C9H18N2O4. The topological polar surface area (TPSA) is 79.8 Å². The molecular weight excluding hydrogens is 200 g/mol. The van der Waals surface area contributed by atoms with Crippen LogP contribution in [0.3, 0.4) is 0 Å². The molecule has 0 aliphatic carbocycles. The van der Waals surface area contributed by atoms with Crippen LogP contribution in [-0.2, 0) is 14.3 Å². The molecule has 6 heteroatoms. The molecule has 1 amide bonds. The van der Waals surface area contributed by atoms with E-state index >= 15 is 0 Å². The summed E-state index contributed by atoms with van der Waals surface area (Å²) in [5.41, 5.74) is 0. The smallest absolute Gasteiger partial charge is 0.237 e. The first-order valence-corrected chi connectivity index (χ1v) is 4.92. The number of nitrogens with one attached hydrogen (secondary N) is 2. The van der Waals surface area contributed by atoms with Crippen molar-refractivity contribution in [3.05, 3.63) is 0 Å². The molecule has 15 heavy (non-hydrogen) atoms. The van der Waals surface area contributed by atoms with Crippen molar-refractivity contribution >= 4 is 5.91 Å². The van der Waals surface area contributed by atoms with Gasteiger partial charge in [-0.1, -0.05) is 0 Å². The van der Waals surface area contributed by atoms with Crippen molar-refractivity contribution < 1.29 is 19.4 Å². The highest BCUT2D eigenvalue weighted by Gasteiger charge is 2.28. The highest BCUT2D eigenvalue weighted by atomic mass is 16.7. The summed E-state index contributed by atoms with van der Waals surface area (Å²) in [5, 5.41) is 14.8. The van der Waals surface area contributed by atoms with Gasteiger partial charge in [-0.25, -0.2) is 0 Å². The number of hydrogen-bond donors (Lipinski definition) is 3. The Labute approximate surface area is 88.9 Å². The highest BCUT2D eigenvalue weighted by molar-refractivity contribution is 5.82. The molecule has 1 rings (SSSR count). The predicted molar refractivity (Wildman–Crippen MR) is 53.2 cm³/mol. The van der Waals surface area contributed by atoms with Crippen LogP contribution in [0.5, 0.6) is 0 Å². The lowest BCUT2D eigenvalue weighted by molar-refractivity contribution is -0.129. The molecule has 2 atom stereocenters. The van der Waals surface area contributed by atoms with E-state index in [0.717, 1.165) is 0 Å². The van der Waals surface area contributed by atoms with E-state index in [1.807, 2.05) is 0 Å². The van der Waals surface area contributed by atoms with Gasteiger partial charge in [-0.2, -0.15) is 0 Å². The molecule has 1 saturated heterocycles.